The van der Waals surface area contributed by atoms with Crippen LogP contribution in [0.2, 0.25) is 0 Å². The summed E-state index contributed by atoms with van der Waals surface area (Å²) in [6.07, 6.45) is 4.75. The minimum absolute atomic E-state index is 0.680. The molecule has 0 spiro atoms. The third kappa shape index (κ3) is 3.32. The van der Waals surface area contributed by atoms with Crippen LogP contribution in [0.3, 0.4) is 0 Å². The van der Waals surface area contributed by atoms with E-state index in [0.29, 0.717) is 6.61 Å². The van der Waals surface area contributed by atoms with Gasteiger partial charge in [-0.15, -0.1) is 0 Å². The molecule has 0 N–H and O–H groups in total. The maximum Gasteiger partial charge on any atom is 0.127 e. The lowest BCUT2D eigenvalue weighted by atomic mass is 9.89. The Morgan fingerprint density at radius 3 is 2.44 bits per heavy atom. The number of ether oxygens (including phenoxy) is 1. The fourth-order valence-electron chi connectivity index (χ4n) is 3.79. The summed E-state index contributed by atoms with van der Waals surface area (Å²) in [4.78, 5) is 0. The molecule has 0 radical (unpaired) electrons. The average Bonchev–Trinajstić information content (AvgIpc) is 2.67. The van der Waals surface area contributed by atoms with Gasteiger partial charge in [0.1, 0.15) is 12.4 Å². The van der Waals surface area contributed by atoms with Gasteiger partial charge in [-0.05, 0) is 66.5 Å². The van der Waals surface area contributed by atoms with E-state index in [-0.39, 0.29) is 0 Å². The van der Waals surface area contributed by atoms with Gasteiger partial charge in [-0.2, -0.15) is 0 Å². The summed E-state index contributed by atoms with van der Waals surface area (Å²) in [5, 5.41) is 0. The lowest BCUT2D eigenvalue weighted by Gasteiger charge is -2.24. The smallest absolute Gasteiger partial charge is 0.127 e. The van der Waals surface area contributed by atoms with E-state index in [9.17, 15) is 0 Å². The van der Waals surface area contributed by atoms with Crippen LogP contribution >= 0.6 is 0 Å². The zero-order chi connectivity index (χ0) is 17.1. The molecule has 25 heavy (non-hydrogen) atoms. The maximum absolute atomic E-state index is 5.97. The first-order valence-corrected chi connectivity index (χ1v) is 9.20. The first-order chi connectivity index (χ1) is 12.3. The van der Waals surface area contributed by atoms with Crippen LogP contribution < -0.4 is 4.74 Å². The Bertz CT molecular complexity index is 865. The number of hydrogen-bond donors (Lipinski definition) is 0. The summed E-state index contributed by atoms with van der Waals surface area (Å²) >= 11 is 0. The average molecular weight is 328 g/mol. The predicted octanol–water partition coefficient (Wildman–Crippen LogP) is 6.12. The molecule has 0 bridgehead atoms. The Balaban J connectivity index is 1.49. The molecule has 0 unspecified atom stereocenters. The Morgan fingerprint density at radius 2 is 1.56 bits per heavy atom. The second-order valence-corrected chi connectivity index (χ2v) is 6.86. The highest BCUT2D eigenvalue weighted by Crippen LogP contribution is 2.41. The quantitative estimate of drug-likeness (QED) is 0.513. The molecule has 126 valence electrons. The first kappa shape index (κ1) is 16.0. The van der Waals surface area contributed by atoms with Crippen molar-refractivity contribution in [2.24, 2.45) is 0 Å². The van der Waals surface area contributed by atoms with Gasteiger partial charge in [0.05, 0.1) is 0 Å². The zero-order valence-corrected chi connectivity index (χ0v) is 14.8. The van der Waals surface area contributed by atoms with Gasteiger partial charge >= 0.3 is 0 Å². The van der Waals surface area contributed by atoms with E-state index in [1.54, 1.807) is 0 Å². The van der Waals surface area contributed by atoms with Gasteiger partial charge in [0.2, 0.25) is 0 Å². The number of fused-ring (bicyclic) bond motifs is 3. The van der Waals surface area contributed by atoms with Gasteiger partial charge < -0.3 is 4.74 Å². The molecule has 0 saturated carbocycles. The van der Waals surface area contributed by atoms with Crippen LogP contribution in [0, 0.1) is 6.92 Å². The number of hydrogen-bond acceptors (Lipinski definition) is 1. The van der Waals surface area contributed by atoms with E-state index in [1.165, 1.54) is 46.2 Å². The monoisotopic (exact) mass is 328 g/mol. The SMILES string of the molecule is Cc1c(CCCCc2ccccc2)ccc2c1-c1ccccc1CO2. The molecule has 1 aliphatic heterocycles. The Kier molecular flexibility index (Phi) is 4.56. The Morgan fingerprint density at radius 1 is 0.800 bits per heavy atom. The van der Waals surface area contributed by atoms with E-state index >= 15 is 0 Å². The summed E-state index contributed by atoms with van der Waals surface area (Å²) in [5.41, 5.74) is 8.19. The molecule has 0 atom stereocenters. The molecule has 0 fully saturated rings. The number of benzene rings is 3. The van der Waals surface area contributed by atoms with E-state index < -0.39 is 0 Å². The highest BCUT2D eigenvalue weighted by Gasteiger charge is 2.20. The molecular weight excluding hydrogens is 304 g/mol. The highest BCUT2D eigenvalue weighted by atomic mass is 16.5. The van der Waals surface area contributed by atoms with E-state index in [2.05, 4.69) is 73.7 Å². The van der Waals surface area contributed by atoms with Gasteiger partial charge in [-0.1, -0.05) is 60.7 Å². The lowest BCUT2D eigenvalue weighted by molar-refractivity contribution is 0.302. The van der Waals surface area contributed by atoms with Gasteiger partial charge in [0.15, 0.2) is 0 Å². The number of aryl methyl sites for hydroxylation is 2. The summed E-state index contributed by atoms with van der Waals surface area (Å²) in [7, 11) is 0. The molecule has 4 rings (SSSR count). The predicted molar refractivity (Wildman–Crippen MR) is 104 cm³/mol. The van der Waals surface area contributed by atoms with Crippen LogP contribution in [0.5, 0.6) is 5.75 Å². The summed E-state index contributed by atoms with van der Waals surface area (Å²) in [5.74, 6) is 1.03. The number of unbranched alkanes of at least 4 members (excludes halogenated alkanes) is 1. The van der Waals surface area contributed by atoms with E-state index in [0.717, 1.165) is 18.6 Å². The van der Waals surface area contributed by atoms with E-state index in [4.69, 9.17) is 4.74 Å². The van der Waals surface area contributed by atoms with Crippen molar-refractivity contribution in [3.63, 3.8) is 0 Å². The fourth-order valence-corrected chi connectivity index (χ4v) is 3.79. The van der Waals surface area contributed by atoms with Crippen molar-refractivity contribution >= 4 is 0 Å². The van der Waals surface area contributed by atoms with Gasteiger partial charge in [0.25, 0.3) is 0 Å². The lowest BCUT2D eigenvalue weighted by Crippen LogP contribution is -2.07. The molecular formula is C24H24O. The van der Waals surface area contributed by atoms with Crippen LogP contribution in [0.15, 0.2) is 66.7 Å². The van der Waals surface area contributed by atoms with Crippen molar-refractivity contribution in [2.45, 2.75) is 39.2 Å². The molecule has 1 heteroatoms. The zero-order valence-electron chi connectivity index (χ0n) is 14.8. The van der Waals surface area contributed by atoms with Crippen LogP contribution in [-0.4, -0.2) is 0 Å². The van der Waals surface area contributed by atoms with Crippen molar-refractivity contribution in [2.75, 3.05) is 0 Å². The highest BCUT2D eigenvalue weighted by molar-refractivity contribution is 5.78. The van der Waals surface area contributed by atoms with E-state index in [1.807, 2.05) is 0 Å². The van der Waals surface area contributed by atoms with Crippen LogP contribution in [-0.2, 0) is 19.4 Å². The molecule has 1 aliphatic rings. The minimum atomic E-state index is 0.680. The summed E-state index contributed by atoms with van der Waals surface area (Å²) in [6.45, 7) is 2.93. The molecule has 3 aromatic carbocycles. The molecule has 0 saturated heterocycles. The standard InChI is InChI=1S/C24H24O/c1-18-20(12-6-5-11-19-9-3-2-4-10-19)15-16-23-24(18)22-14-8-7-13-21(22)17-25-23/h2-4,7-10,13-16H,5-6,11-12,17H2,1H3. The second-order valence-electron chi connectivity index (χ2n) is 6.86. The van der Waals surface area contributed by atoms with Crippen molar-refractivity contribution in [1.82, 2.24) is 0 Å². The Hall–Kier alpha value is -2.54. The first-order valence-electron chi connectivity index (χ1n) is 9.20. The van der Waals surface area contributed by atoms with Crippen molar-refractivity contribution in [1.29, 1.82) is 0 Å². The molecule has 3 aromatic rings. The molecule has 1 heterocycles. The molecule has 0 amide bonds. The van der Waals surface area contributed by atoms with Crippen molar-refractivity contribution < 1.29 is 4.74 Å². The van der Waals surface area contributed by atoms with Crippen LogP contribution in [0.4, 0.5) is 0 Å². The summed E-state index contributed by atoms with van der Waals surface area (Å²) in [6, 6.07) is 23.8. The second kappa shape index (κ2) is 7.14. The van der Waals surface area contributed by atoms with Crippen molar-refractivity contribution in [3.05, 3.63) is 89.0 Å². The van der Waals surface area contributed by atoms with Gasteiger partial charge in [-0.3, -0.25) is 0 Å². The molecule has 1 nitrogen and oxygen atoms in total. The number of rotatable bonds is 5. The topological polar surface area (TPSA) is 9.23 Å². The maximum atomic E-state index is 5.97. The normalized spacial score (nSPS) is 12.2. The third-order valence-corrected chi connectivity index (χ3v) is 5.21. The van der Waals surface area contributed by atoms with Crippen molar-refractivity contribution in [3.8, 4) is 16.9 Å². The van der Waals surface area contributed by atoms with Crippen LogP contribution in [0.1, 0.15) is 35.1 Å². The Labute approximate surface area is 150 Å². The van der Waals surface area contributed by atoms with Gasteiger partial charge in [-0.25, -0.2) is 0 Å². The molecule has 0 aliphatic carbocycles. The fraction of sp³-hybridized carbons (Fsp3) is 0.250. The largest absolute Gasteiger partial charge is 0.488 e. The van der Waals surface area contributed by atoms with Crippen LogP contribution in [0.25, 0.3) is 11.1 Å². The summed E-state index contributed by atoms with van der Waals surface area (Å²) < 4.78 is 5.97. The molecule has 0 aromatic heterocycles. The minimum Gasteiger partial charge on any atom is -0.488 e. The third-order valence-electron chi connectivity index (χ3n) is 5.21. The van der Waals surface area contributed by atoms with Gasteiger partial charge in [0, 0.05) is 5.56 Å².